The Labute approximate surface area is 141 Å². The Bertz CT molecular complexity index is 723. The minimum atomic E-state index is -0.151. The third-order valence-electron chi connectivity index (χ3n) is 4.18. The van der Waals surface area contributed by atoms with Crippen molar-refractivity contribution in [3.63, 3.8) is 0 Å². The summed E-state index contributed by atoms with van der Waals surface area (Å²) in [5, 5.41) is 11.7. The molecule has 1 aliphatic rings. The van der Waals surface area contributed by atoms with Crippen molar-refractivity contribution in [2.45, 2.75) is 12.8 Å². The Kier molecular flexibility index (Phi) is 5.02. The molecule has 0 aliphatic carbocycles. The van der Waals surface area contributed by atoms with Gasteiger partial charge in [0.15, 0.2) is 0 Å². The first-order valence-corrected chi connectivity index (χ1v) is 8.06. The predicted molar refractivity (Wildman–Crippen MR) is 90.5 cm³/mol. The first kappa shape index (κ1) is 15.9. The van der Waals surface area contributed by atoms with E-state index in [1.807, 2.05) is 24.3 Å². The molecule has 1 saturated heterocycles. The Morgan fingerprint density at radius 3 is 2.96 bits per heavy atom. The quantitative estimate of drug-likeness (QED) is 0.931. The molecule has 2 aromatic rings. The van der Waals surface area contributed by atoms with Crippen molar-refractivity contribution in [3.05, 3.63) is 54.0 Å². The van der Waals surface area contributed by atoms with Crippen LogP contribution in [0.5, 0.6) is 0 Å². The third kappa shape index (κ3) is 3.87. The van der Waals surface area contributed by atoms with Crippen molar-refractivity contribution in [2.75, 3.05) is 24.5 Å². The second-order valence-corrected chi connectivity index (χ2v) is 5.90. The van der Waals surface area contributed by atoms with E-state index >= 15 is 0 Å². The van der Waals surface area contributed by atoms with Gasteiger partial charge in [0.25, 0.3) is 5.91 Å². The highest BCUT2D eigenvalue weighted by molar-refractivity contribution is 5.93. The summed E-state index contributed by atoms with van der Waals surface area (Å²) in [6.45, 7) is 2.52. The summed E-state index contributed by atoms with van der Waals surface area (Å²) in [6.07, 6.45) is 5.43. The molecule has 0 spiro atoms. The van der Waals surface area contributed by atoms with Crippen LogP contribution in [-0.4, -0.2) is 35.5 Å². The summed E-state index contributed by atoms with van der Waals surface area (Å²) in [5.41, 5.74) is 0.788. The highest BCUT2D eigenvalue weighted by Gasteiger charge is 2.21. The first-order chi connectivity index (χ1) is 11.8. The lowest BCUT2D eigenvalue weighted by atomic mass is 9.98. The number of piperidine rings is 1. The van der Waals surface area contributed by atoms with Gasteiger partial charge in [-0.1, -0.05) is 6.07 Å². The molecular weight excluding hydrogens is 302 g/mol. The fourth-order valence-corrected chi connectivity index (χ4v) is 2.91. The molecule has 0 radical (unpaired) electrons. The molecule has 2 aromatic heterocycles. The molecule has 0 aromatic carbocycles. The lowest BCUT2D eigenvalue weighted by Crippen LogP contribution is -2.41. The topological polar surface area (TPSA) is 81.9 Å². The number of aromatic nitrogens is 2. The minimum Gasteiger partial charge on any atom is -0.356 e. The molecule has 3 heterocycles. The molecule has 1 aliphatic heterocycles. The summed E-state index contributed by atoms with van der Waals surface area (Å²) < 4.78 is 0. The number of carbonyl (C=O) groups is 1. The molecule has 1 atom stereocenters. The summed E-state index contributed by atoms with van der Waals surface area (Å²) in [4.78, 5) is 22.8. The molecule has 1 N–H and O–H groups in total. The fourth-order valence-electron chi connectivity index (χ4n) is 2.91. The molecule has 24 heavy (non-hydrogen) atoms. The van der Waals surface area contributed by atoms with Gasteiger partial charge in [-0.3, -0.25) is 4.79 Å². The number of nitriles is 1. The van der Waals surface area contributed by atoms with Gasteiger partial charge in [0.05, 0.1) is 5.56 Å². The van der Waals surface area contributed by atoms with Gasteiger partial charge in [-0.25, -0.2) is 9.97 Å². The molecule has 6 nitrogen and oxygen atoms in total. The zero-order valence-electron chi connectivity index (χ0n) is 13.4. The van der Waals surface area contributed by atoms with Gasteiger partial charge in [-0.2, -0.15) is 5.26 Å². The van der Waals surface area contributed by atoms with Crippen LogP contribution < -0.4 is 10.2 Å². The van der Waals surface area contributed by atoms with Gasteiger partial charge < -0.3 is 10.2 Å². The van der Waals surface area contributed by atoms with E-state index in [9.17, 15) is 4.79 Å². The highest BCUT2D eigenvalue weighted by Crippen LogP contribution is 2.20. The maximum Gasteiger partial charge on any atom is 0.252 e. The predicted octanol–water partition coefficient (Wildman–Crippen LogP) is 1.99. The van der Waals surface area contributed by atoms with E-state index in [0.717, 1.165) is 31.7 Å². The Morgan fingerprint density at radius 2 is 2.25 bits per heavy atom. The van der Waals surface area contributed by atoms with Crippen LogP contribution in [0.15, 0.2) is 42.7 Å². The van der Waals surface area contributed by atoms with Crippen molar-refractivity contribution in [1.82, 2.24) is 15.3 Å². The number of pyridine rings is 2. The van der Waals surface area contributed by atoms with Gasteiger partial charge >= 0.3 is 0 Å². The number of carbonyl (C=O) groups excluding carboxylic acids is 1. The Morgan fingerprint density at radius 1 is 1.33 bits per heavy atom. The second kappa shape index (κ2) is 7.55. The van der Waals surface area contributed by atoms with Crippen LogP contribution in [0.3, 0.4) is 0 Å². The van der Waals surface area contributed by atoms with Crippen molar-refractivity contribution in [2.24, 2.45) is 5.92 Å². The maximum atomic E-state index is 12.2. The van der Waals surface area contributed by atoms with Crippen molar-refractivity contribution in [1.29, 1.82) is 5.26 Å². The van der Waals surface area contributed by atoms with Gasteiger partial charge in [0.2, 0.25) is 0 Å². The summed E-state index contributed by atoms with van der Waals surface area (Å²) >= 11 is 0. The zero-order valence-corrected chi connectivity index (χ0v) is 13.4. The number of anilines is 1. The van der Waals surface area contributed by atoms with Crippen LogP contribution in [0.4, 0.5) is 5.82 Å². The fraction of sp³-hybridized carbons (Fsp3) is 0.333. The highest BCUT2D eigenvalue weighted by atomic mass is 16.1. The van der Waals surface area contributed by atoms with Crippen LogP contribution >= 0.6 is 0 Å². The summed E-state index contributed by atoms with van der Waals surface area (Å²) in [7, 11) is 0. The smallest absolute Gasteiger partial charge is 0.252 e. The maximum absolute atomic E-state index is 12.2. The molecule has 0 bridgehead atoms. The van der Waals surface area contributed by atoms with E-state index in [1.54, 1.807) is 18.3 Å². The first-order valence-electron chi connectivity index (χ1n) is 8.06. The van der Waals surface area contributed by atoms with Crippen LogP contribution in [0.1, 0.15) is 28.9 Å². The summed E-state index contributed by atoms with van der Waals surface area (Å²) in [6, 6.07) is 11.0. The Hall–Kier alpha value is -2.94. The molecule has 1 amide bonds. The van der Waals surface area contributed by atoms with Gasteiger partial charge in [-0.05, 0) is 43.0 Å². The number of amides is 1. The van der Waals surface area contributed by atoms with Crippen molar-refractivity contribution in [3.8, 4) is 6.07 Å². The van der Waals surface area contributed by atoms with E-state index in [2.05, 4.69) is 20.2 Å². The number of hydrogen-bond donors (Lipinski definition) is 1. The van der Waals surface area contributed by atoms with Crippen LogP contribution in [0.2, 0.25) is 0 Å². The average Bonchev–Trinajstić information content (AvgIpc) is 2.67. The van der Waals surface area contributed by atoms with Crippen LogP contribution in [0, 0.1) is 17.2 Å². The van der Waals surface area contributed by atoms with Gasteiger partial charge in [0, 0.05) is 32.0 Å². The molecular formula is C18H19N5O. The van der Waals surface area contributed by atoms with Crippen molar-refractivity contribution >= 4 is 11.7 Å². The molecule has 0 unspecified atom stereocenters. The molecule has 3 rings (SSSR count). The van der Waals surface area contributed by atoms with E-state index < -0.39 is 0 Å². The monoisotopic (exact) mass is 321 g/mol. The number of nitrogens with zero attached hydrogens (tertiary/aromatic N) is 4. The normalized spacial score (nSPS) is 17.1. The molecule has 0 saturated carbocycles. The minimum absolute atomic E-state index is 0.151. The largest absolute Gasteiger partial charge is 0.356 e. The lowest BCUT2D eigenvalue weighted by molar-refractivity contribution is 0.0945. The van der Waals surface area contributed by atoms with E-state index in [-0.39, 0.29) is 5.91 Å². The van der Waals surface area contributed by atoms with Gasteiger partial charge in [-0.15, -0.1) is 0 Å². The SMILES string of the molecule is N#Cc1ccc(C(=O)NC[C@@H]2CCCN(c3ccccn3)C2)cn1. The van der Waals surface area contributed by atoms with E-state index in [0.29, 0.717) is 23.7 Å². The summed E-state index contributed by atoms with van der Waals surface area (Å²) in [5.74, 6) is 1.24. The number of nitrogens with one attached hydrogen (secondary N) is 1. The van der Waals surface area contributed by atoms with Crippen molar-refractivity contribution < 1.29 is 4.79 Å². The van der Waals surface area contributed by atoms with Crippen LogP contribution in [0.25, 0.3) is 0 Å². The number of hydrogen-bond acceptors (Lipinski definition) is 5. The second-order valence-electron chi connectivity index (χ2n) is 5.90. The standard InChI is InChI=1S/C18H19N5O/c19-10-16-7-6-15(12-21-16)18(24)22-11-14-4-3-9-23(13-14)17-5-1-2-8-20-17/h1-2,5-8,12,14H,3-4,9,11,13H2,(H,22,24)/t14-/m0/s1. The average molecular weight is 321 g/mol. The third-order valence-corrected chi connectivity index (χ3v) is 4.18. The zero-order chi connectivity index (χ0) is 16.8. The van der Waals surface area contributed by atoms with Crippen LogP contribution in [-0.2, 0) is 0 Å². The Balaban J connectivity index is 1.54. The molecule has 6 heteroatoms. The van der Waals surface area contributed by atoms with E-state index in [1.165, 1.54) is 6.20 Å². The lowest BCUT2D eigenvalue weighted by Gasteiger charge is -2.33. The molecule has 1 fully saturated rings. The van der Waals surface area contributed by atoms with E-state index in [4.69, 9.17) is 5.26 Å². The van der Waals surface area contributed by atoms with Gasteiger partial charge in [0.1, 0.15) is 17.6 Å². The molecule has 122 valence electrons. The number of rotatable bonds is 4.